The molecular formula is C25H16F3N3O. The van der Waals surface area contributed by atoms with Crippen molar-refractivity contribution in [3.8, 4) is 33.6 Å². The van der Waals surface area contributed by atoms with Gasteiger partial charge in [0, 0.05) is 11.1 Å². The summed E-state index contributed by atoms with van der Waals surface area (Å²) in [6.45, 7) is 0. The molecule has 1 N–H and O–H groups in total. The van der Waals surface area contributed by atoms with Crippen LogP contribution in [0.5, 0.6) is 0 Å². The van der Waals surface area contributed by atoms with Gasteiger partial charge in [-0.05, 0) is 5.56 Å². The normalized spacial score (nSPS) is 11.7. The third-order valence-electron chi connectivity index (χ3n) is 5.24. The lowest BCUT2D eigenvalue weighted by atomic mass is 10.0. The zero-order valence-corrected chi connectivity index (χ0v) is 16.6. The molecule has 5 aromatic rings. The Labute approximate surface area is 180 Å². The molecule has 4 nitrogen and oxygen atoms in total. The third kappa shape index (κ3) is 3.28. The lowest BCUT2D eigenvalue weighted by Crippen LogP contribution is -2.27. The largest absolute Gasteiger partial charge is 0.423 e. The van der Waals surface area contributed by atoms with Gasteiger partial charge in [-0.3, -0.25) is 9.89 Å². The molecule has 0 saturated heterocycles. The molecule has 0 aliphatic carbocycles. The van der Waals surface area contributed by atoms with Crippen molar-refractivity contribution in [2.24, 2.45) is 0 Å². The molecule has 0 amide bonds. The van der Waals surface area contributed by atoms with Gasteiger partial charge in [0.25, 0.3) is 5.56 Å². The Morgan fingerprint density at radius 1 is 0.719 bits per heavy atom. The summed E-state index contributed by atoms with van der Waals surface area (Å²) in [6, 6.07) is 26.3. The van der Waals surface area contributed by atoms with Gasteiger partial charge in [0.05, 0.1) is 17.0 Å². The van der Waals surface area contributed by atoms with Crippen molar-refractivity contribution >= 4 is 5.65 Å². The van der Waals surface area contributed by atoms with E-state index in [1.165, 1.54) is 12.1 Å². The van der Waals surface area contributed by atoms with E-state index in [0.29, 0.717) is 11.3 Å². The number of H-pyrrole nitrogens is 1. The molecule has 2 heterocycles. The molecule has 0 aliphatic heterocycles. The van der Waals surface area contributed by atoms with E-state index in [4.69, 9.17) is 0 Å². The second-order valence-corrected chi connectivity index (χ2v) is 7.26. The zero-order chi connectivity index (χ0) is 22.3. The van der Waals surface area contributed by atoms with Gasteiger partial charge in [-0.2, -0.15) is 17.7 Å². The van der Waals surface area contributed by atoms with Crippen LogP contribution in [-0.2, 0) is 6.18 Å². The number of benzene rings is 3. The number of nitrogens with zero attached hydrogens (tertiary/aromatic N) is 2. The molecule has 5 rings (SSSR count). The van der Waals surface area contributed by atoms with E-state index in [1.54, 1.807) is 18.2 Å². The Bertz CT molecular complexity index is 1460. The lowest BCUT2D eigenvalue weighted by Gasteiger charge is -2.12. The molecule has 0 unspecified atom stereocenters. The average Bonchev–Trinajstić information content (AvgIpc) is 3.20. The minimum atomic E-state index is -4.87. The standard InChI is InChI=1S/C25H16F3N3O/c26-25(27,28)20-22(18-14-8-3-9-15-18)29-23-19(16-10-4-1-5-11-16)21(30-31(23)24(20)32)17-12-6-2-7-13-17/h1-15,30H. The first-order valence-electron chi connectivity index (χ1n) is 9.87. The van der Waals surface area contributed by atoms with Crippen LogP contribution >= 0.6 is 0 Å². The first-order chi connectivity index (χ1) is 15.4. The van der Waals surface area contributed by atoms with E-state index in [1.807, 2.05) is 60.7 Å². The van der Waals surface area contributed by atoms with Crippen LogP contribution in [0, 0.1) is 0 Å². The Morgan fingerprint density at radius 3 is 1.75 bits per heavy atom. The maximum atomic E-state index is 14.0. The molecule has 0 atom stereocenters. The molecule has 32 heavy (non-hydrogen) atoms. The highest BCUT2D eigenvalue weighted by Crippen LogP contribution is 2.38. The first-order valence-corrected chi connectivity index (χ1v) is 9.87. The minimum Gasteiger partial charge on any atom is -0.288 e. The Hall–Kier alpha value is -4.13. The Kier molecular flexibility index (Phi) is 4.66. The van der Waals surface area contributed by atoms with Crippen LogP contribution < -0.4 is 5.56 Å². The maximum Gasteiger partial charge on any atom is 0.423 e. The molecule has 0 bridgehead atoms. The molecule has 0 fully saturated rings. The van der Waals surface area contributed by atoms with Crippen molar-refractivity contribution in [3.05, 3.63) is 107 Å². The molecule has 2 aromatic heterocycles. The van der Waals surface area contributed by atoms with E-state index in [9.17, 15) is 18.0 Å². The zero-order valence-electron chi connectivity index (χ0n) is 16.6. The van der Waals surface area contributed by atoms with Crippen LogP contribution in [-0.4, -0.2) is 14.6 Å². The van der Waals surface area contributed by atoms with Gasteiger partial charge in [-0.1, -0.05) is 91.0 Å². The van der Waals surface area contributed by atoms with E-state index in [2.05, 4.69) is 10.1 Å². The van der Waals surface area contributed by atoms with Crippen molar-refractivity contribution in [2.75, 3.05) is 0 Å². The summed E-state index contributed by atoms with van der Waals surface area (Å²) < 4.78 is 42.9. The second kappa shape index (κ2) is 7.53. The molecule has 0 aliphatic rings. The highest BCUT2D eigenvalue weighted by Gasteiger charge is 2.39. The second-order valence-electron chi connectivity index (χ2n) is 7.26. The van der Waals surface area contributed by atoms with E-state index in [-0.39, 0.29) is 16.9 Å². The van der Waals surface area contributed by atoms with Crippen molar-refractivity contribution in [1.29, 1.82) is 0 Å². The fourth-order valence-electron chi connectivity index (χ4n) is 3.82. The summed E-state index contributed by atoms with van der Waals surface area (Å²) in [6.07, 6.45) is -4.87. The van der Waals surface area contributed by atoms with Crippen molar-refractivity contribution in [3.63, 3.8) is 0 Å². The SMILES string of the molecule is O=c1c(C(F)(F)F)c(-c2ccccc2)nc2c(-c3ccccc3)c(-c3ccccc3)[nH]n12. The van der Waals surface area contributed by atoms with Crippen molar-refractivity contribution in [2.45, 2.75) is 6.18 Å². The molecular weight excluding hydrogens is 415 g/mol. The highest BCUT2D eigenvalue weighted by atomic mass is 19.4. The van der Waals surface area contributed by atoms with Crippen molar-refractivity contribution in [1.82, 2.24) is 14.6 Å². The van der Waals surface area contributed by atoms with Gasteiger partial charge in [-0.15, -0.1) is 0 Å². The minimum absolute atomic E-state index is 0.131. The maximum absolute atomic E-state index is 14.0. The summed E-state index contributed by atoms with van der Waals surface area (Å²) >= 11 is 0. The summed E-state index contributed by atoms with van der Waals surface area (Å²) in [5, 5.41) is 2.88. The van der Waals surface area contributed by atoms with Crippen molar-refractivity contribution < 1.29 is 13.2 Å². The third-order valence-corrected chi connectivity index (χ3v) is 5.24. The van der Waals surface area contributed by atoms with E-state index in [0.717, 1.165) is 15.6 Å². The number of alkyl halides is 3. The van der Waals surface area contributed by atoms with Crippen LogP contribution in [0.25, 0.3) is 39.3 Å². The highest BCUT2D eigenvalue weighted by molar-refractivity contribution is 5.91. The van der Waals surface area contributed by atoms with Gasteiger partial charge in [0.2, 0.25) is 0 Å². The average molecular weight is 431 g/mol. The smallest absolute Gasteiger partial charge is 0.288 e. The van der Waals surface area contributed by atoms with Gasteiger partial charge in [-0.25, -0.2) is 4.98 Å². The van der Waals surface area contributed by atoms with Crippen LogP contribution in [0.1, 0.15) is 5.56 Å². The van der Waals surface area contributed by atoms with Gasteiger partial charge >= 0.3 is 6.18 Å². The number of halogens is 3. The molecule has 3 aromatic carbocycles. The summed E-state index contributed by atoms with van der Waals surface area (Å²) in [5.41, 5.74) is -0.00419. The number of hydrogen-bond donors (Lipinski definition) is 1. The predicted octanol–water partition coefficient (Wildman–Crippen LogP) is 6.04. The molecule has 0 spiro atoms. The lowest BCUT2D eigenvalue weighted by molar-refractivity contribution is -0.138. The number of aromatic nitrogens is 3. The number of hydrogen-bond acceptors (Lipinski definition) is 2. The van der Waals surface area contributed by atoms with Gasteiger partial charge < -0.3 is 0 Å². The van der Waals surface area contributed by atoms with E-state index >= 15 is 0 Å². The summed E-state index contributed by atoms with van der Waals surface area (Å²) in [5.74, 6) is 0. The van der Waals surface area contributed by atoms with Gasteiger partial charge in [0.1, 0.15) is 5.56 Å². The Balaban J connectivity index is 1.95. The molecule has 158 valence electrons. The monoisotopic (exact) mass is 431 g/mol. The fraction of sp³-hybridized carbons (Fsp3) is 0.0400. The fourth-order valence-corrected chi connectivity index (χ4v) is 3.82. The summed E-state index contributed by atoms with van der Waals surface area (Å²) in [4.78, 5) is 17.6. The molecule has 0 radical (unpaired) electrons. The number of fused-ring (bicyclic) bond motifs is 1. The number of aromatic amines is 1. The quantitative estimate of drug-likeness (QED) is 0.379. The van der Waals surface area contributed by atoms with Crippen LogP contribution in [0.3, 0.4) is 0 Å². The topological polar surface area (TPSA) is 50.2 Å². The van der Waals surface area contributed by atoms with Crippen LogP contribution in [0.15, 0.2) is 95.8 Å². The van der Waals surface area contributed by atoms with E-state index < -0.39 is 17.3 Å². The first kappa shape index (κ1) is 19.8. The molecule has 0 saturated carbocycles. The summed E-state index contributed by atoms with van der Waals surface area (Å²) in [7, 11) is 0. The molecule has 7 heteroatoms. The number of nitrogens with one attached hydrogen (secondary N) is 1. The van der Waals surface area contributed by atoms with Crippen LogP contribution in [0.4, 0.5) is 13.2 Å². The van der Waals surface area contributed by atoms with Crippen LogP contribution in [0.2, 0.25) is 0 Å². The Morgan fingerprint density at radius 2 is 1.22 bits per heavy atom. The van der Waals surface area contributed by atoms with Gasteiger partial charge in [0.15, 0.2) is 5.65 Å². The number of rotatable bonds is 3. The predicted molar refractivity (Wildman–Crippen MR) is 117 cm³/mol.